The van der Waals surface area contributed by atoms with E-state index in [4.69, 9.17) is 4.74 Å². The fourth-order valence-electron chi connectivity index (χ4n) is 2.92. The summed E-state index contributed by atoms with van der Waals surface area (Å²) in [5, 5.41) is 3.04. The van der Waals surface area contributed by atoms with Gasteiger partial charge in [-0.05, 0) is 37.1 Å². The van der Waals surface area contributed by atoms with Crippen LogP contribution in [0.25, 0.3) is 0 Å². The van der Waals surface area contributed by atoms with Crippen LogP contribution in [0.5, 0.6) is 5.75 Å². The maximum Gasteiger partial charge on any atom is 0.243 e. The largest absolute Gasteiger partial charge is 0.497 e. The van der Waals surface area contributed by atoms with Gasteiger partial charge >= 0.3 is 0 Å². The predicted molar refractivity (Wildman–Crippen MR) is 100 cm³/mol. The highest BCUT2D eigenvalue weighted by atomic mass is 32.2. The van der Waals surface area contributed by atoms with E-state index in [2.05, 4.69) is 5.32 Å². The summed E-state index contributed by atoms with van der Waals surface area (Å²) >= 11 is 0. The Morgan fingerprint density at radius 1 is 1.12 bits per heavy atom. The Morgan fingerprint density at radius 3 is 2.58 bits per heavy atom. The molecule has 1 N–H and O–H groups in total. The molecule has 0 atom stereocenters. The SMILES string of the molecule is COc1cccc(NCC(=O)c2cccc(S(=O)(=O)N3CCCC3)c2)c1. The summed E-state index contributed by atoms with van der Waals surface area (Å²) in [5.41, 5.74) is 1.14. The Labute approximate surface area is 153 Å². The van der Waals surface area contributed by atoms with Gasteiger partial charge in [0.1, 0.15) is 5.75 Å². The predicted octanol–water partition coefficient (Wildman–Crippen LogP) is 2.77. The van der Waals surface area contributed by atoms with Crippen LogP contribution in [0.4, 0.5) is 5.69 Å². The second-order valence-electron chi connectivity index (χ2n) is 6.15. The first-order valence-corrected chi connectivity index (χ1v) is 9.96. The lowest BCUT2D eigenvalue weighted by Crippen LogP contribution is -2.28. The van der Waals surface area contributed by atoms with Crippen LogP contribution in [0.3, 0.4) is 0 Å². The lowest BCUT2D eigenvalue weighted by atomic mass is 10.1. The molecule has 0 amide bonds. The fourth-order valence-corrected chi connectivity index (χ4v) is 4.49. The molecule has 7 heteroatoms. The van der Waals surface area contributed by atoms with Crippen LogP contribution < -0.4 is 10.1 Å². The summed E-state index contributed by atoms with van der Waals surface area (Å²) in [6.45, 7) is 1.15. The van der Waals surface area contributed by atoms with Crippen molar-refractivity contribution in [2.45, 2.75) is 17.7 Å². The van der Waals surface area contributed by atoms with E-state index in [0.717, 1.165) is 18.5 Å². The Morgan fingerprint density at radius 2 is 1.85 bits per heavy atom. The number of ether oxygens (including phenoxy) is 1. The zero-order valence-electron chi connectivity index (χ0n) is 14.6. The summed E-state index contributed by atoms with van der Waals surface area (Å²) < 4.78 is 31.9. The quantitative estimate of drug-likeness (QED) is 0.754. The number of benzene rings is 2. The third-order valence-corrected chi connectivity index (χ3v) is 6.28. The van der Waals surface area contributed by atoms with Gasteiger partial charge in [0, 0.05) is 30.4 Å². The van der Waals surface area contributed by atoms with Gasteiger partial charge in [-0.1, -0.05) is 18.2 Å². The van der Waals surface area contributed by atoms with E-state index in [0.29, 0.717) is 24.4 Å². The Kier molecular flexibility index (Phi) is 5.58. The Bertz CT molecular complexity index is 890. The van der Waals surface area contributed by atoms with Crippen molar-refractivity contribution < 1.29 is 17.9 Å². The summed E-state index contributed by atoms with van der Waals surface area (Å²) in [6.07, 6.45) is 1.75. The number of nitrogens with one attached hydrogen (secondary N) is 1. The van der Waals surface area contributed by atoms with Gasteiger partial charge < -0.3 is 10.1 Å². The van der Waals surface area contributed by atoms with Crippen LogP contribution in [-0.4, -0.2) is 45.3 Å². The number of anilines is 1. The number of sulfonamides is 1. The molecule has 1 saturated heterocycles. The van der Waals surface area contributed by atoms with Crippen molar-refractivity contribution in [2.24, 2.45) is 0 Å². The minimum absolute atomic E-state index is 0.0698. The third kappa shape index (κ3) is 4.05. The zero-order chi connectivity index (χ0) is 18.6. The van der Waals surface area contributed by atoms with Crippen LogP contribution in [0.1, 0.15) is 23.2 Å². The van der Waals surface area contributed by atoms with Crippen molar-refractivity contribution in [3.8, 4) is 5.75 Å². The zero-order valence-corrected chi connectivity index (χ0v) is 15.5. The molecule has 0 saturated carbocycles. The molecule has 0 unspecified atom stereocenters. The number of ketones is 1. The van der Waals surface area contributed by atoms with Gasteiger partial charge in [0.05, 0.1) is 18.6 Å². The summed E-state index contributed by atoms with van der Waals surface area (Å²) in [6, 6.07) is 13.5. The minimum Gasteiger partial charge on any atom is -0.497 e. The third-order valence-electron chi connectivity index (χ3n) is 4.38. The summed E-state index contributed by atoms with van der Waals surface area (Å²) in [5.74, 6) is 0.521. The van der Waals surface area contributed by atoms with Crippen LogP contribution in [0.15, 0.2) is 53.4 Å². The van der Waals surface area contributed by atoms with Gasteiger partial charge in [-0.3, -0.25) is 4.79 Å². The van der Waals surface area contributed by atoms with Crippen LogP contribution in [0, 0.1) is 0 Å². The van der Waals surface area contributed by atoms with Crippen molar-refractivity contribution in [1.82, 2.24) is 4.31 Å². The topological polar surface area (TPSA) is 75.7 Å². The van der Waals surface area contributed by atoms with E-state index in [1.54, 1.807) is 31.4 Å². The molecular formula is C19H22N2O4S. The number of methoxy groups -OCH3 is 1. The molecular weight excluding hydrogens is 352 g/mol. The Balaban J connectivity index is 1.72. The molecule has 0 bridgehead atoms. The van der Waals surface area contributed by atoms with E-state index in [-0.39, 0.29) is 17.2 Å². The van der Waals surface area contributed by atoms with Crippen molar-refractivity contribution >= 4 is 21.5 Å². The highest BCUT2D eigenvalue weighted by Crippen LogP contribution is 2.22. The molecule has 3 rings (SSSR count). The molecule has 1 aliphatic rings. The average Bonchev–Trinajstić information content (AvgIpc) is 3.22. The van der Waals surface area contributed by atoms with Crippen molar-refractivity contribution in [3.05, 3.63) is 54.1 Å². The molecule has 2 aromatic rings. The minimum atomic E-state index is -3.53. The van der Waals surface area contributed by atoms with Gasteiger partial charge in [0.2, 0.25) is 10.0 Å². The first-order chi connectivity index (χ1) is 12.5. The molecule has 2 aromatic carbocycles. The molecule has 6 nitrogen and oxygen atoms in total. The van der Waals surface area contributed by atoms with Gasteiger partial charge in [-0.25, -0.2) is 8.42 Å². The Hall–Kier alpha value is -2.38. The number of nitrogens with zero attached hydrogens (tertiary/aromatic N) is 1. The molecule has 138 valence electrons. The summed E-state index contributed by atoms with van der Waals surface area (Å²) in [4.78, 5) is 12.6. The number of hydrogen-bond donors (Lipinski definition) is 1. The second-order valence-corrected chi connectivity index (χ2v) is 8.09. The molecule has 0 radical (unpaired) electrons. The van der Waals surface area contributed by atoms with Gasteiger partial charge in [0.15, 0.2) is 5.78 Å². The first kappa shape index (κ1) is 18.4. The summed E-state index contributed by atoms with van der Waals surface area (Å²) in [7, 11) is -1.95. The van der Waals surface area contributed by atoms with Crippen LogP contribution in [0.2, 0.25) is 0 Å². The number of carbonyl (C=O) groups is 1. The van der Waals surface area contributed by atoms with E-state index >= 15 is 0 Å². The molecule has 1 aliphatic heterocycles. The van der Waals surface area contributed by atoms with E-state index < -0.39 is 10.0 Å². The van der Waals surface area contributed by atoms with E-state index in [1.807, 2.05) is 18.2 Å². The van der Waals surface area contributed by atoms with Crippen molar-refractivity contribution in [1.29, 1.82) is 0 Å². The highest BCUT2D eigenvalue weighted by molar-refractivity contribution is 7.89. The number of Topliss-reactive ketones (excluding diaryl/α,β-unsaturated/α-hetero) is 1. The standard InChI is InChI=1S/C19H22N2O4S/c1-25-17-8-5-7-16(13-17)20-14-19(22)15-6-4-9-18(12-15)26(23,24)21-10-2-3-11-21/h4-9,12-13,20H,2-3,10-11,14H2,1H3. The van der Waals surface area contributed by atoms with Gasteiger partial charge in [-0.2, -0.15) is 4.31 Å². The average molecular weight is 374 g/mol. The monoisotopic (exact) mass is 374 g/mol. The molecule has 26 heavy (non-hydrogen) atoms. The van der Waals surface area contributed by atoms with E-state index in [1.165, 1.54) is 10.4 Å². The second kappa shape index (κ2) is 7.88. The first-order valence-electron chi connectivity index (χ1n) is 8.52. The number of hydrogen-bond acceptors (Lipinski definition) is 5. The van der Waals surface area contributed by atoms with Crippen molar-refractivity contribution in [3.63, 3.8) is 0 Å². The normalized spacial score (nSPS) is 15.0. The van der Waals surface area contributed by atoms with Gasteiger partial charge in [-0.15, -0.1) is 0 Å². The fraction of sp³-hybridized carbons (Fsp3) is 0.316. The molecule has 0 aliphatic carbocycles. The maximum atomic E-state index is 12.6. The molecule has 0 aromatic heterocycles. The lowest BCUT2D eigenvalue weighted by Gasteiger charge is -2.16. The van der Waals surface area contributed by atoms with Gasteiger partial charge in [0.25, 0.3) is 0 Å². The molecule has 1 heterocycles. The highest BCUT2D eigenvalue weighted by Gasteiger charge is 2.27. The lowest BCUT2D eigenvalue weighted by molar-refractivity contribution is 0.101. The van der Waals surface area contributed by atoms with Crippen LogP contribution in [-0.2, 0) is 10.0 Å². The maximum absolute atomic E-state index is 12.6. The van der Waals surface area contributed by atoms with E-state index in [9.17, 15) is 13.2 Å². The van der Waals surface area contributed by atoms with Crippen molar-refractivity contribution in [2.75, 3.05) is 32.1 Å². The smallest absolute Gasteiger partial charge is 0.243 e. The van der Waals surface area contributed by atoms with Crippen LogP contribution >= 0.6 is 0 Å². The number of carbonyl (C=O) groups excluding carboxylic acids is 1. The molecule has 1 fully saturated rings. The number of rotatable bonds is 7. The molecule has 0 spiro atoms.